The van der Waals surface area contributed by atoms with E-state index in [4.69, 9.17) is 4.98 Å². The standard InChI is InChI=1S/C35H44N6O3/c1-26(27-12-4-2-5-13-27)36-35(42)33-29-16-8-9-17-31(29)37-34(28-14-6-3-7-15-28)30(33)24-38-20-22-40(23-21-38)32(25-41(43)44)39-18-10-11-19-39/h3,6-9,14-17,25-27H,2,4-5,10-13,18-24H2,1H3,(H,36,42)/b32-25-/t26-/m0/s1. The van der Waals surface area contributed by atoms with Crippen molar-refractivity contribution in [3.05, 3.63) is 87.9 Å². The number of aromatic nitrogens is 1. The van der Waals surface area contributed by atoms with Gasteiger partial charge in [-0.1, -0.05) is 67.8 Å². The summed E-state index contributed by atoms with van der Waals surface area (Å²) in [5.41, 5.74) is 4.30. The number of benzene rings is 2. The molecule has 1 atom stereocenters. The number of likely N-dealkylation sites (tertiary alicyclic amines) is 1. The molecule has 9 nitrogen and oxygen atoms in total. The van der Waals surface area contributed by atoms with Gasteiger partial charge in [0.1, 0.15) is 0 Å². The fourth-order valence-corrected chi connectivity index (χ4v) is 7.29. The number of rotatable bonds is 9. The lowest BCUT2D eigenvalue weighted by Crippen LogP contribution is -2.48. The molecule has 1 amide bonds. The van der Waals surface area contributed by atoms with Crippen LogP contribution in [0, 0.1) is 16.0 Å². The van der Waals surface area contributed by atoms with E-state index in [9.17, 15) is 14.9 Å². The third-order valence-corrected chi connectivity index (χ3v) is 9.71. The van der Waals surface area contributed by atoms with Crippen LogP contribution in [0.2, 0.25) is 0 Å². The Morgan fingerprint density at radius 1 is 0.932 bits per heavy atom. The van der Waals surface area contributed by atoms with Crippen molar-refractivity contribution in [1.82, 2.24) is 25.0 Å². The van der Waals surface area contributed by atoms with E-state index in [2.05, 4.69) is 39.1 Å². The van der Waals surface area contributed by atoms with Gasteiger partial charge < -0.3 is 15.1 Å². The van der Waals surface area contributed by atoms with E-state index in [0.717, 1.165) is 85.4 Å². The Bertz CT molecular complexity index is 1490. The van der Waals surface area contributed by atoms with Crippen molar-refractivity contribution in [3.63, 3.8) is 0 Å². The first-order valence-corrected chi connectivity index (χ1v) is 16.3. The molecule has 2 saturated heterocycles. The van der Waals surface area contributed by atoms with Crippen molar-refractivity contribution in [2.75, 3.05) is 39.3 Å². The Morgan fingerprint density at radius 2 is 1.59 bits per heavy atom. The molecule has 2 aliphatic heterocycles. The van der Waals surface area contributed by atoms with Crippen molar-refractivity contribution in [2.45, 2.75) is 64.5 Å². The second kappa shape index (κ2) is 13.8. The van der Waals surface area contributed by atoms with Crippen LogP contribution in [-0.2, 0) is 6.54 Å². The molecule has 3 fully saturated rings. The zero-order valence-electron chi connectivity index (χ0n) is 25.8. The number of nitro groups is 1. The van der Waals surface area contributed by atoms with Gasteiger partial charge in [0.2, 0.25) is 0 Å². The summed E-state index contributed by atoms with van der Waals surface area (Å²) < 4.78 is 0. The maximum absolute atomic E-state index is 14.3. The van der Waals surface area contributed by atoms with E-state index < -0.39 is 0 Å². The normalized spacial score (nSPS) is 19.3. The van der Waals surface area contributed by atoms with E-state index in [1.54, 1.807) is 0 Å². The second-order valence-electron chi connectivity index (χ2n) is 12.6. The number of nitrogens with zero attached hydrogens (tertiary/aromatic N) is 5. The van der Waals surface area contributed by atoms with Gasteiger partial charge in [0.15, 0.2) is 5.82 Å². The summed E-state index contributed by atoms with van der Waals surface area (Å²) in [6.45, 7) is 7.32. The molecule has 6 rings (SSSR count). The number of carbonyl (C=O) groups excluding carboxylic acids is 1. The first-order chi connectivity index (χ1) is 21.5. The van der Waals surface area contributed by atoms with Crippen LogP contribution in [0.1, 0.15) is 67.8 Å². The number of hydrogen-bond donors (Lipinski definition) is 1. The fourth-order valence-electron chi connectivity index (χ4n) is 7.29. The van der Waals surface area contributed by atoms with Gasteiger partial charge >= 0.3 is 0 Å². The number of amides is 1. The third-order valence-electron chi connectivity index (χ3n) is 9.71. The molecule has 0 unspecified atom stereocenters. The van der Waals surface area contributed by atoms with Crippen LogP contribution >= 0.6 is 0 Å². The summed E-state index contributed by atoms with van der Waals surface area (Å²) >= 11 is 0. The van der Waals surface area contributed by atoms with Gasteiger partial charge in [-0.3, -0.25) is 19.8 Å². The molecular formula is C35H44N6O3. The fraction of sp³-hybridized carbons (Fsp3) is 0.486. The summed E-state index contributed by atoms with van der Waals surface area (Å²) in [6.07, 6.45) is 9.38. The molecule has 232 valence electrons. The van der Waals surface area contributed by atoms with Crippen molar-refractivity contribution < 1.29 is 9.72 Å². The molecule has 9 heteroatoms. The molecule has 0 spiro atoms. The van der Waals surface area contributed by atoms with Crippen molar-refractivity contribution in [1.29, 1.82) is 0 Å². The number of pyridine rings is 1. The van der Waals surface area contributed by atoms with Gasteiger partial charge in [-0.15, -0.1) is 0 Å². The second-order valence-corrected chi connectivity index (χ2v) is 12.6. The average molecular weight is 597 g/mol. The Morgan fingerprint density at radius 3 is 2.30 bits per heavy atom. The number of hydrogen-bond acceptors (Lipinski definition) is 7. The number of para-hydroxylation sites is 1. The van der Waals surface area contributed by atoms with E-state index in [1.807, 2.05) is 42.5 Å². The first-order valence-electron chi connectivity index (χ1n) is 16.3. The molecule has 2 aromatic carbocycles. The molecule has 1 aliphatic carbocycles. The lowest BCUT2D eigenvalue weighted by Gasteiger charge is -2.39. The molecule has 3 heterocycles. The summed E-state index contributed by atoms with van der Waals surface area (Å²) in [5.74, 6) is 1.20. The van der Waals surface area contributed by atoms with E-state index >= 15 is 0 Å². The number of nitrogens with one attached hydrogen (secondary N) is 1. The van der Waals surface area contributed by atoms with Crippen LogP contribution < -0.4 is 5.32 Å². The predicted molar refractivity (Wildman–Crippen MR) is 173 cm³/mol. The van der Waals surface area contributed by atoms with E-state index in [-0.39, 0.29) is 16.9 Å². The Kier molecular flexibility index (Phi) is 9.40. The molecule has 1 N–H and O–H groups in total. The highest BCUT2D eigenvalue weighted by Crippen LogP contribution is 2.33. The summed E-state index contributed by atoms with van der Waals surface area (Å²) in [7, 11) is 0. The molecule has 1 saturated carbocycles. The minimum absolute atomic E-state index is 0.0299. The summed E-state index contributed by atoms with van der Waals surface area (Å²) in [4.78, 5) is 37.3. The maximum Gasteiger partial charge on any atom is 0.274 e. The predicted octanol–water partition coefficient (Wildman–Crippen LogP) is 5.89. The summed E-state index contributed by atoms with van der Waals surface area (Å²) in [6, 6.07) is 18.2. The summed E-state index contributed by atoms with van der Waals surface area (Å²) in [5, 5.41) is 15.8. The van der Waals surface area contributed by atoms with Crippen LogP contribution in [0.4, 0.5) is 0 Å². The van der Waals surface area contributed by atoms with Crippen molar-refractivity contribution >= 4 is 16.8 Å². The Hall–Kier alpha value is -3.98. The largest absolute Gasteiger partial charge is 0.353 e. The van der Waals surface area contributed by atoms with Gasteiger partial charge in [0.25, 0.3) is 12.1 Å². The molecule has 0 radical (unpaired) electrons. The minimum Gasteiger partial charge on any atom is -0.353 e. The van der Waals surface area contributed by atoms with E-state index in [1.165, 1.54) is 25.5 Å². The number of fused-ring (bicyclic) bond motifs is 1. The quantitative estimate of drug-likeness (QED) is 0.243. The zero-order chi connectivity index (χ0) is 30.5. The van der Waals surface area contributed by atoms with Crippen molar-refractivity contribution in [3.8, 4) is 11.3 Å². The Labute approximate surface area is 260 Å². The molecule has 1 aromatic heterocycles. The topological polar surface area (TPSA) is 94.8 Å². The smallest absolute Gasteiger partial charge is 0.274 e. The maximum atomic E-state index is 14.3. The minimum atomic E-state index is -0.327. The lowest BCUT2D eigenvalue weighted by molar-refractivity contribution is -0.405. The van der Waals surface area contributed by atoms with Gasteiger partial charge in [0.05, 0.1) is 21.7 Å². The lowest BCUT2D eigenvalue weighted by atomic mass is 9.84. The van der Waals surface area contributed by atoms with E-state index in [0.29, 0.717) is 31.1 Å². The van der Waals surface area contributed by atoms with Crippen LogP contribution in [-0.4, -0.2) is 75.8 Å². The van der Waals surface area contributed by atoms with Crippen molar-refractivity contribution in [2.24, 2.45) is 5.92 Å². The van der Waals surface area contributed by atoms with Gasteiger partial charge in [0, 0.05) is 68.4 Å². The average Bonchev–Trinajstić information content (AvgIpc) is 3.59. The molecule has 3 aliphatic rings. The van der Waals surface area contributed by atoms with Gasteiger partial charge in [-0.05, 0) is 44.6 Å². The molecule has 3 aromatic rings. The van der Waals surface area contributed by atoms with Crippen LogP contribution in [0.5, 0.6) is 0 Å². The van der Waals surface area contributed by atoms with Gasteiger partial charge in [-0.25, -0.2) is 4.98 Å². The highest BCUT2D eigenvalue weighted by atomic mass is 16.6. The third kappa shape index (κ3) is 6.73. The molecule has 0 bridgehead atoms. The Balaban J connectivity index is 1.32. The number of carbonyl (C=O) groups is 1. The highest BCUT2D eigenvalue weighted by Gasteiger charge is 2.30. The van der Waals surface area contributed by atoms with Crippen LogP contribution in [0.25, 0.3) is 22.2 Å². The SMILES string of the molecule is C[C@H](NC(=O)c1c(CN2CCN(/C(=C\[N+](=O)[O-])N3CCCC3)CC2)c(-c2ccccc2)nc2ccccc12)C1CCCCC1. The monoisotopic (exact) mass is 596 g/mol. The van der Waals surface area contributed by atoms with Crippen LogP contribution in [0.15, 0.2) is 66.6 Å². The first kappa shape index (κ1) is 30.1. The zero-order valence-corrected chi connectivity index (χ0v) is 25.8. The van der Waals surface area contributed by atoms with Gasteiger partial charge in [-0.2, -0.15) is 0 Å². The van der Waals surface area contributed by atoms with Crippen LogP contribution in [0.3, 0.4) is 0 Å². The number of piperazine rings is 1. The highest BCUT2D eigenvalue weighted by molar-refractivity contribution is 6.09. The molecular weight excluding hydrogens is 552 g/mol. The molecule has 44 heavy (non-hydrogen) atoms.